The van der Waals surface area contributed by atoms with Crippen LogP contribution in [0.4, 0.5) is 5.69 Å². The topological polar surface area (TPSA) is 89.8 Å². The average molecular weight is 408 g/mol. The van der Waals surface area contributed by atoms with Crippen LogP contribution in [0.25, 0.3) is 0 Å². The third-order valence-corrected chi connectivity index (χ3v) is 4.23. The van der Waals surface area contributed by atoms with Gasteiger partial charge in [0.15, 0.2) is 0 Å². The first-order valence-electron chi connectivity index (χ1n) is 9.68. The van der Waals surface area contributed by atoms with E-state index in [0.29, 0.717) is 54.7 Å². The molecule has 0 aliphatic carbocycles. The lowest BCUT2D eigenvalue weighted by molar-refractivity contribution is 0.0947. The van der Waals surface area contributed by atoms with Gasteiger partial charge in [0, 0.05) is 23.4 Å². The molecule has 0 unspecified atom stereocenters. The molecule has 0 bridgehead atoms. The Morgan fingerprint density at radius 3 is 2.27 bits per heavy atom. The predicted molar refractivity (Wildman–Crippen MR) is 113 cm³/mol. The van der Waals surface area contributed by atoms with Gasteiger partial charge in [0.1, 0.15) is 18.1 Å². The van der Waals surface area contributed by atoms with E-state index in [0.717, 1.165) is 0 Å². The minimum atomic E-state index is -0.245. The zero-order valence-electron chi connectivity index (χ0n) is 16.7. The van der Waals surface area contributed by atoms with E-state index < -0.39 is 0 Å². The number of nitrogens with one attached hydrogen (secondary N) is 2. The monoisotopic (exact) mass is 408 g/mol. The molecule has 0 saturated carbocycles. The second kappa shape index (κ2) is 10.8. The van der Waals surface area contributed by atoms with Gasteiger partial charge in [-0.25, -0.2) is 0 Å². The van der Waals surface area contributed by atoms with E-state index in [1.165, 1.54) is 0 Å². The van der Waals surface area contributed by atoms with Gasteiger partial charge >= 0.3 is 0 Å². The van der Waals surface area contributed by atoms with Crippen molar-refractivity contribution >= 4 is 17.5 Å². The van der Waals surface area contributed by atoms with Crippen molar-refractivity contribution in [2.45, 2.75) is 13.5 Å². The number of hydrogen-bond acceptors (Lipinski definition) is 5. The van der Waals surface area contributed by atoms with Gasteiger partial charge < -0.3 is 24.5 Å². The Kier molecular flexibility index (Phi) is 7.63. The predicted octanol–water partition coefficient (Wildman–Crippen LogP) is 3.88. The lowest BCUT2D eigenvalue weighted by atomic mass is 10.1. The Hall–Kier alpha value is -3.58. The molecular formula is C23H24N2O5. The minimum Gasteiger partial charge on any atom is -0.491 e. The van der Waals surface area contributed by atoms with Crippen LogP contribution in [0.3, 0.4) is 0 Å². The molecule has 0 aliphatic heterocycles. The Morgan fingerprint density at radius 1 is 0.900 bits per heavy atom. The van der Waals surface area contributed by atoms with Crippen LogP contribution >= 0.6 is 0 Å². The number of furan rings is 1. The fourth-order valence-corrected chi connectivity index (χ4v) is 2.66. The van der Waals surface area contributed by atoms with E-state index in [9.17, 15) is 9.59 Å². The minimum absolute atomic E-state index is 0.218. The summed E-state index contributed by atoms with van der Waals surface area (Å²) in [7, 11) is 0. The zero-order valence-corrected chi connectivity index (χ0v) is 16.7. The van der Waals surface area contributed by atoms with Gasteiger partial charge in [0.2, 0.25) is 0 Å². The number of carbonyl (C=O) groups is 2. The second-order valence-electron chi connectivity index (χ2n) is 6.36. The van der Waals surface area contributed by atoms with E-state index in [-0.39, 0.29) is 11.8 Å². The summed E-state index contributed by atoms with van der Waals surface area (Å²) in [6.45, 7) is 3.88. The summed E-state index contributed by atoms with van der Waals surface area (Å²) in [5.74, 6) is 0.893. The van der Waals surface area contributed by atoms with Crippen molar-refractivity contribution in [3.8, 4) is 5.75 Å². The molecule has 0 radical (unpaired) electrons. The maximum atomic E-state index is 12.4. The van der Waals surface area contributed by atoms with Crippen molar-refractivity contribution < 1.29 is 23.5 Å². The van der Waals surface area contributed by atoms with E-state index >= 15 is 0 Å². The van der Waals surface area contributed by atoms with E-state index in [1.807, 2.05) is 6.92 Å². The normalized spacial score (nSPS) is 10.4. The van der Waals surface area contributed by atoms with Gasteiger partial charge in [0.25, 0.3) is 11.8 Å². The molecule has 7 heteroatoms. The molecule has 2 aromatic carbocycles. The number of carbonyl (C=O) groups excluding carboxylic acids is 2. The Balaban J connectivity index is 1.49. The van der Waals surface area contributed by atoms with Crippen LogP contribution in [0, 0.1) is 0 Å². The van der Waals surface area contributed by atoms with Gasteiger partial charge in [-0.05, 0) is 67.6 Å². The average Bonchev–Trinajstić information content (AvgIpc) is 3.30. The lowest BCUT2D eigenvalue weighted by Crippen LogP contribution is -2.22. The molecule has 30 heavy (non-hydrogen) atoms. The van der Waals surface area contributed by atoms with Crippen molar-refractivity contribution in [1.29, 1.82) is 0 Å². The van der Waals surface area contributed by atoms with E-state index in [2.05, 4.69) is 10.6 Å². The SMILES string of the molecule is CCOCCOc1ccc(C(=O)Nc2ccc(C(=O)NCc3ccco3)cc2)cc1. The van der Waals surface area contributed by atoms with Crippen LogP contribution in [-0.2, 0) is 11.3 Å². The van der Waals surface area contributed by atoms with E-state index in [4.69, 9.17) is 13.9 Å². The number of rotatable bonds is 10. The number of amides is 2. The first-order chi connectivity index (χ1) is 14.7. The summed E-state index contributed by atoms with van der Waals surface area (Å²) in [5, 5.41) is 5.59. The molecule has 7 nitrogen and oxygen atoms in total. The number of anilines is 1. The van der Waals surface area contributed by atoms with Gasteiger partial charge in [-0.1, -0.05) is 0 Å². The van der Waals surface area contributed by atoms with Crippen LogP contribution in [0.1, 0.15) is 33.4 Å². The fraction of sp³-hybridized carbons (Fsp3) is 0.217. The fourth-order valence-electron chi connectivity index (χ4n) is 2.66. The summed E-state index contributed by atoms with van der Waals surface area (Å²) >= 11 is 0. The third-order valence-electron chi connectivity index (χ3n) is 4.23. The van der Waals surface area contributed by atoms with Crippen LogP contribution in [0.5, 0.6) is 5.75 Å². The molecule has 0 fully saturated rings. The molecule has 1 heterocycles. The summed E-state index contributed by atoms with van der Waals surface area (Å²) in [5.41, 5.74) is 1.60. The van der Waals surface area contributed by atoms with Gasteiger partial charge in [-0.3, -0.25) is 9.59 Å². The van der Waals surface area contributed by atoms with Crippen molar-refractivity contribution in [3.05, 3.63) is 83.8 Å². The maximum Gasteiger partial charge on any atom is 0.255 e. The molecule has 0 atom stereocenters. The van der Waals surface area contributed by atoms with Crippen LogP contribution in [0.2, 0.25) is 0 Å². The first kappa shape index (κ1) is 21.1. The molecule has 3 aromatic rings. The van der Waals surface area contributed by atoms with Crippen molar-refractivity contribution in [1.82, 2.24) is 5.32 Å². The van der Waals surface area contributed by atoms with Crippen molar-refractivity contribution in [2.24, 2.45) is 0 Å². The van der Waals surface area contributed by atoms with Crippen molar-refractivity contribution in [2.75, 3.05) is 25.1 Å². The lowest BCUT2D eigenvalue weighted by Gasteiger charge is -2.09. The highest BCUT2D eigenvalue weighted by molar-refractivity contribution is 6.04. The molecular weight excluding hydrogens is 384 g/mol. The molecule has 1 aromatic heterocycles. The largest absolute Gasteiger partial charge is 0.491 e. The third kappa shape index (κ3) is 6.22. The highest BCUT2D eigenvalue weighted by Gasteiger charge is 2.09. The number of hydrogen-bond donors (Lipinski definition) is 2. The van der Waals surface area contributed by atoms with Crippen LogP contribution in [-0.4, -0.2) is 31.6 Å². The molecule has 2 amide bonds. The van der Waals surface area contributed by atoms with E-state index in [1.54, 1.807) is 66.9 Å². The van der Waals surface area contributed by atoms with Crippen molar-refractivity contribution in [3.63, 3.8) is 0 Å². The number of benzene rings is 2. The summed E-state index contributed by atoms with van der Waals surface area (Å²) in [4.78, 5) is 24.6. The van der Waals surface area contributed by atoms with Crippen LogP contribution in [0.15, 0.2) is 71.3 Å². The smallest absolute Gasteiger partial charge is 0.255 e. The second-order valence-corrected chi connectivity index (χ2v) is 6.36. The van der Waals surface area contributed by atoms with Gasteiger partial charge in [-0.15, -0.1) is 0 Å². The van der Waals surface area contributed by atoms with Gasteiger partial charge in [-0.2, -0.15) is 0 Å². The quantitative estimate of drug-likeness (QED) is 0.497. The molecule has 3 rings (SSSR count). The highest BCUT2D eigenvalue weighted by Crippen LogP contribution is 2.15. The number of ether oxygens (including phenoxy) is 2. The molecule has 0 spiro atoms. The molecule has 0 aliphatic rings. The zero-order chi connectivity index (χ0) is 21.2. The standard InChI is InChI=1S/C23H24N2O5/c1-2-28-14-15-30-20-11-7-18(8-12-20)23(27)25-19-9-5-17(6-10-19)22(26)24-16-21-4-3-13-29-21/h3-13H,2,14-16H2,1H3,(H,24,26)(H,25,27). The summed E-state index contributed by atoms with van der Waals surface area (Å²) in [6, 6.07) is 17.1. The highest BCUT2D eigenvalue weighted by atomic mass is 16.5. The molecule has 2 N–H and O–H groups in total. The summed E-state index contributed by atoms with van der Waals surface area (Å²) in [6.07, 6.45) is 1.56. The Labute approximate surface area is 175 Å². The van der Waals surface area contributed by atoms with Gasteiger partial charge in [0.05, 0.1) is 19.4 Å². The van der Waals surface area contributed by atoms with Crippen LogP contribution < -0.4 is 15.4 Å². The Morgan fingerprint density at radius 2 is 1.60 bits per heavy atom. The maximum absolute atomic E-state index is 12.4. The molecule has 0 saturated heterocycles. The summed E-state index contributed by atoms with van der Waals surface area (Å²) < 4.78 is 15.9. The Bertz CT molecular complexity index is 935. The first-order valence-corrected chi connectivity index (χ1v) is 9.68. The molecule has 156 valence electrons.